The molecule has 2 aromatic heterocycles. The molecule has 0 spiro atoms. The summed E-state index contributed by atoms with van der Waals surface area (Å²) >= 11 is 0. The first-order valence-corrected chi connectivity index (χ1v) is 10.8. The van der Waals surface area contributed by atoms with Crippen LogP contribution in [0.3, 0.4) is 0 Å². The number of anilines is 1. The lowest BCUT2D eigenvalue weighted by Gasteiger charge is -2.43. The third-order valence-electron chi connectivity index (χ3n) is 6.39. The predicted octanol–water partition coefficient (Wildman–Crippen LogP) is 3.38. The summed E-state index contributed by atoms with van der Waals surface area (Å²) in [6, 6.07) is 3.38. The molecule has 168 valence electrons. The normalized spacial score (nSPS) is 22.6. The number of hydrogen-bond acceptors (Lipinski definition) is 7. The number of rotatable bonds is 6. The molecule has 0 radical (unpaired) electrons. The van der Waals surface area contributed by atoms with Crippen LogP contribution in [0.1, 0.15) is 32.1 Å². The molecule has 5 rings (SSSR count). The minimum absolute atomic E-state index is 0.0109. The standard InChI is InChI=1S/C22H25F2N7O/c1-25-19-3-2-4-20(22(19,23)24)31(15-6-7-15)21-26-12-17(29-30-21)16-8-5-13(9-18(16)32)14-10-27-28-11-14/h5,8-12,15,19-20,25,32H,2-4,6-7H2,1H3,(H,27,28)/t19-,20-/m0/s1. The van der Waals surface area contributed by atoms with E-state index in [-0.39, 0.29) is 17.7 Å². The Labute approximate surface area is 184 Å². The number of benzene rings is 1. The van der Waals surface area contributed by atoms with E-state index in [1.165, 1.54) is 6.20 Å². The van der Waals surface area contributed by atoms with Gasteiger partial charge in [-0.3, -0.25) is 5.10 Å². The second-order valence-corrected chi connectivity index (χ2v) is 8.46. The van der Waals surface area contributed by atoms with Crippen molar-refractivity contribution in [2.24, 2.45) is 0 Å². The van der Waals surface area contributed by atoms with Crippen LogP contribution < -0.4 is 10.2 Å². The van der Waals surface area contributed by atoms with Gasteiger partial charge in [0.05, 0.1) is 24.5 Å². The number of hydrogen-bond donors (Lipinski definition) is 3. The molecular weight excluding hydrogens is 416 g/mol. The number of nitrogens with one attached hydrogen (secondary N) is 2. The highest BCUT2D eigenvalue weighted by Crippen LogP contribution is 2.43. The number of aromatic amines is 1. The zero-order valence-electron chi connectivity index (χ0n) is 17.7. The summed E-state index contributed by atoms with van der Waals surface area (Å²) in [6.45, 7) is 0. The van der Waals surface area contributed by atoms with Gasteiger partial charge in [0.2, 0.25) is 5.95 Å². The number of aromatic hydroxyl groups is 1. The molecule has 0 aliphatic heterocycles. The Morgan fingerprint density at radius 2 is 1.97 bits per heavy atom. The van der Waals surface area contributed by atoms with E-state index in [2.05, 4.69) is 30.7 Å². The second-order valence-electron chi connectivity index (χ2n) is 8.46. The molecule has 0 saturated heterocycles. The maximum absolute atomic E-state index is 15.2. The lowest BCUT2D eigenvalue weighted by molar-refractivity contribution is -0.0804. The largest absolute Gasteiger partial charge is 0.507 e. The number of aromatic nitrogens is 5. The molecule has 1 aromatic carbocycles. The van der Waals surface area contributed by atoms with Crippen molar-refractivity contribution in [3.8, 4) is 28.1 Å². The van der Waals surface area contributed by atoms with Crippen LogP contribution in [0.4, 0.5) is 14.7 Å². The maximum Gasteiger partial charge on any atom is 0.283 e. The van der Waals surface area contributed by atoms with E-state index < -0.39 is 18.0 Å². The van der Waals surface area contributed by atoms with E-state index in [9.17, 15) is 5.11 Å². The van der Waals surface area contributed by atoms with Crippen molar-refractivity contribution >= 4 is 5.95 Å². The molecule has 32 heavy (non-hydrogen) atoms. The van der Waals surface area contributed by atoms with Crippen LogP contribution in [-0.4, -0.2) is 61.6 Å². The van der Waals surface area contributed by atoms with Crippen molar-refractivity contribution in [1.82, 2.24) is 30.7 Å². The van der Waals surface area contributed by atoms with Crippen LogP contribution in [0.15, 0.2) is 36.8 Å². The van der Waals surface area contributed by atoms with Crippen LogP contribution in [0.2, 0.25) is 0 Å². The lowest BCUT2D eigenvalue weighted by Crippen LogP contribution is -2.60. The molecule has 3 aromatic rings. The first kappa shape index (κ1) is 20.7. The van der Waals surface area contributed by atoms with Crippen LogP contribution in [-0.2, 0) is 0 Å². The van der Waals surface area contributed by atoms with E-state index in [0.29, 0.717) is 24.1 Å². The molecule has 2 aliphatic rings. The fourth-order valence-corrected chi connectivity index (χ4v) is 4.55. The summed E-state index contributed by atoms with van der Waals surface area (Å²) in [5.74, 6) is -2.65. The fraction of sp³-hybridized carbons (Fsp3) is 0.455. The Bertz CT molecular complexity index is 1070. The van der Waals surface area contributed by atoms with Gasteiger partial charge in [0.15, 0.2) is 0 Å². The van der Waals surface area contributed by atoms with Crippen LogP contribution in [0.5, 0.6) is 5.75 Å². The topological polar surface area (TPSA) is 103 Å². The molecule has 0 unspecified atom stereocenters. The summed E-state index contributed by atoms with van der Waals surface area (Å²) in [7, 11) is 1.58. The molecule has 3 N–H and O–H groups in total. The van der Waals surface area contributed by atoms with Crippen LogP contribution in [0, 0.1) is 0 Å². The molecule has 2 saturated carbocycles. The van der Waals surface area contributed by atoms with Gasteiger partial charge >= 0.3 is 0 Å². The molecule has 2 fully saturated rings. The van der Waals surface area contributed by atoms with E-state index in [4.69, 9.17) is 0 Å². The van der Waals surface area contributed by atoms with Gasteiger partial charge in [-0.15, -0.1) is 10.2 Å². The fourth-order valence-electron chi connectivity index (χ4n) is 4.55. The van der Waals surface area contributed by atoms with E-state index >= 15 is 8.78 Å². The SMILES string of the molecule is CN[C@H]1CCC[C@H](N(c2ncc(-c3ccc(-c4cn[nH]c4)cc3O)nn2)C2CC2)C1(F)F. The Morgan fingerprint density at radius 1 is 1.12 bits per heavy atom. The van der Waals surface area contributed by atoms with Crippen molar-refractivity contribution in [2.45, 2.75) is 56.2 Å². The molecule has 2 aliphatic carbocycles. The zero-order chi connectivity index (χ0) is 22.3. The monoisotopic (exact) mass is 441 g/mol. The summed E-state index contributed by atoms with van der Waals surface area (Å²) in [6.07, 6.45) is 8.13. The Balaban J connectivity index is 1.42. The van der Waals surface area contributed by atoms with Crippen molar-refractivity contribution in [1.29, 1.82) is 0 Å². The third-order valence-corrected chi connectivity index (χ3v) is 6.39. The predicted molar refractivity (Wildman–Crippen MR) is 115 cm³/mol. The average Bonchev–Trinajstić information content (AvgIpc) is 3.47. The van der Waals surface area contributed by atoms with Gasteiger partial charge in [-0.25, -0.2) is 13.8 Å². The Kier molecular flexibility index (Phi) is 5.24. The van der Waals surface area contributed by atoms with Gasteiger partial charge in [-0.1, -0.05) is 6.07 Å². The number of H-pyrrole nitrogens is 1. The smallest absolute Gasteiger partial charge is 0.283 e. The van der Waals surface area contributed by atoms with Gasteiger partial charge in [-0.2, -0.15) is 5.10 Å². The van der Waals surface area contributed by atoms with Crippen molar-refractivity contribution in [3.05, 3.63) is 36.8 Å². The summed E-state index contributed by atoms with van der Waals surface area (Å²) in [4.78, 5) is 6.06. The summed E-state index contributed by atoms with van der Waals surface area (Å²) in [5.41, 5.74) is 2.50. The zero-order valence-corrected chi connectivity index (χ0v) is 17.7. The van der Waals surface area contributed by atoms with E-state index in [1.54, 1.807) is 36.5 Å². The molecule has 0 bridgehead atoms. The van der Waals surface area contributed by atoms with Gasteiger partial charge in [-0.05, 0) is 56.8 Å². The number of alkyl halides is 2. The minimum Gasteiger partial charge on any atom is -0.507 e. The summed E-state index contributed by atoms with van der Waals surface area (Å²) in [5, 5.41) is 28.4. The maximum atomic E-state index is 15.2. The number of phenols is 1. The lowest BCUT2D eigenvalue weighted by atomic mass is 9.86. The van der Waals surface area contributed by atoms with E-state index in [1.807, 2.05) is 6.07 Å². The molecule has 10 heteroatoms. The highest BCUT2D eigenvalue weighted by Gasteiger charge is 2.54. The van der Waals surface area contributed by atoms with Gasteiger partial charge in [0.1, 0.15) is 11.4 Å². The second kappa shape index (κ2) is 8.09. The van der Waals surface area contributed by atoms with Gasteiger partial charge < -0.3 is 15.3 Å². The van der Waals surface area contributed by atoms with Crippen molar-refractivity contribution in [3.63, 3.8) is 0 Å². The molecule has 8 nitrogen and oxygen atoms in total. The number of halogens is 2. The quantitative estimate of drug-likeness (QED) is 0.539. The van der Waals surface area contributed by atoms with Crippen molar-refractivity contribution in [2.75, 3.05) is 11.9 Å². The van der Waals surface area contributed by atoms with Crippen LogP contribution >= 0.6 is 0 Å². The highest BCUT2D eigenvalue weighted by atomic mass is 19.3. The first-order valence-electron chi connectivity index (χ1n) is 10.8. The third kappa shape index (κ3) is 3.68. The van der Waals surface area contributed by atoms with Gasteiger partial charge in [0.25, 0.3) is 5.92 Å². The van der Waals surface area contributed by atoms with E-state index in [0.717, 1.165) is 30.4 Å². The first-order chi connectivity index (χ1) is 15.5. The molecule has 2 heterocycles. The number of phenolic OH excluding ortho intramolecular Hbond substituents is 1. The highest BCUT2D eigenvalue weighted by molar-refractivity contribution is 5.73. The molecule has 0 amide bonds. The molecular formula is C22H25F2N7O. The number of nitrogens with zero attached hydrogens (tertiary/aromatic N) is 5. The van der Waals surface area contributed by atoms with Crippen LogP contribution in [0.25, 0.3) is 22.4 Å². The minimum atomic E-state index is -2.89. The molecule has 2 atom stereocenters. The Morgan fingerprint density at radius 3 is 2.59 bits per heavy atom. The van der Waals surface area contributed by atoms with Gasteiger partial charge in [0, 0.05) is 23.4 Å². The average molecular weight is 441 g/mol. The van der Waals surface area contributed by atoms with Crippen molar-refractivity contribution < 1.29 is 13.9 Å². The Hall–Kier alpha value is -3.14. The summed E-state index contributed by atoms with van der Waals surface area (Å²) < 4.78 is 30.4.